The first-order valence-corrected chi connectivity index (χ1v) is 7.15. The van der Waals surface area contributed by atoms with Crippen LogP contribution in [-0.2, 0) is 6.42 Å². The van der Waals surface area contributed by atoms with E-state index in [1.54, 1.807) is 6.20 Å². The Morgan fingerprint density at radius 3 is 2.86 bits per heavy atom. The fourth-order valence-corrected chi connectivity index (χ4v) is 2.66. The van der Waals surface area contributed by atoms with Gasteiger partial charge in [0.05, 0.1) is 22.9 Å². The fourth-order valence-electron chi connectivity index (χ4n) is 2.66. The van der Waals surface area contributed by atoms with Crippen molar-refractivity contribution >= 4 is 16.7 Å². The molecule has 0 saturated heterocycles. The van der Waals surface area contributed by atoms with Gasteiger partial charge in [0.1, 0.15) is 0 Å². The average Bonchev–Trinajstić information content (AvgIpc) is 2.55. The first-order valence-electron chi connectivity index (χ1n) is 7.15. The lowest BCUT2D eigenvalue weighted by Gasteiger charge is -2.20. The van der Waals surface area contributed by atoms with Gasteiger partial charge < -0.3 is 10.1 Å². The molecule has 4 heteroatoms. The van der Waals surface area contributed by atoms with Gasteiger partial charge in [0.25, 0.3) is 0 Å². The number of para-hydroxylation sites is 3. The van der Waals surface area contributed by atoms with Crippen molar-refractivity contribution < 1.29 is 4.74 Å². The summed E-state index contributed by atoms with van der Waals surface area (Å²) in [4.78, 5) is 8.89. The first kappa shape index (κ1) is 12.1. The van der Waals surface area contributed by atoms with E-state index in [0.717, 1.165) is 41.9 Å². The second kappa shape index (κ2) is 5.05. The van der Waals surface area contributed by atoms with Crippen LogP contribution >= 0.6 is 0 Å². The standard InChI is InChI=1S/C17H15N3O/c1-2-8-14-13(7-1)19-11-16(20-14)21-15-9-3-5-12-6-4-10-18-17(12)15/h1-3,5,7-9,11,18H,4,6,10H2. The third-order valence-electron chi connectivity index (χ3n) is 3.68. The third-order valence-corrected chi connectivity index (χ3v) is 3.68. The van der Waals surface area contributed by atoms with Crippen molar-refractivity contribution in [1.29, 1.82) is 0 Å². The van der Waals surface area contributed by atoms with Crippen LogP contribution < -0.4 is 10.1 Å². The number of aromatic nitrogens is 2. The normalized spacial score (nSPS) is 13.5. The lowest BCUT2D eigenvalue weighted by atomic mass is 10.0. The number of hydrogen-bond acceptors (Lipinski definition) is 4. The van der Waals surface area contributed by atoms with Gasteiger partial charge in [0, 0.05) is 6.54 Å². The zero-order valence-corrected chi connectivity index (χ0v) is 11.5. The monoisotopic (exact) mass is 277 g/mol. The van der Waals surface area contributed by atoms with Gasteiger partial charge in [0.2, 0.25) is 5.88 Å². The number of nitrogens with one attached hydrogen (secondary N) is 1. The van der Waals surface area contributed by atoms with Crippen LogP contribution in [0.2, 0.25) is 0 Å². The zero-order chi connectivity index (χ0) is 14.1. The van der Waals surface area contributed by atoms with Crippen LogP contribution in [0.15, 0.2) is 48.7 Å². The Labute approximate surface area is 122 Å². The summed E-state index contributed by atoms with van der Waals surface area (Å²) in [5, 5.41) is 3.42. The van der Waals surface area contributed by atoms with Crippen LogP contribution in [0, 0.1) is 0 Å². The van der Waals surface area contributed by atoms with Crippen molar-refractivity contribution in [3.05, 3.63) is 54.2 Å². The van der Waals surface area contributed by atoms with Crippen LogP contribution in [0.25, 0.3) is 11.0 Å². The summed E-state index contributed by atoms with van der Waals surface area (Å²) in [6.07, 6.45) is 3.92. The van der Waals surface area contributed by atoms with E-state index in [9.17, 15) is 0 Å². The maximum atomic E-state index is 5.95. The number of aryl methyl sites for hydroxylation is 1. The highest BCUT2D eigenvalue weighted by Crippen LogP contribution is 2.34. The lowest BCUT2D eigenvalue weighted by Crippen LogP contribution is -2.12. The second-order valence-corrected chi connectivity index (χ2v) is 5.12. The molecule has 0 amide bonds. The molecule has 1 N–H and O–H groups in total. The van der Waals surface area contributed by atoms with E-state index in [2.05, 4.69) is 21.4 Å². The third kappa shape index (κ3) is 2.29. The van der Waals surface area contributed by atoms with Gasteiger partial charge in [-0.05, 0) is 36.6 Å². The van der Waals surface area contributed by atoms with E-state index < -0.39 is 0 Å². The molecule has 104 valence electrons. The van der Waals surface area contributed by atoms with Gasteiger partial charge in [-0.2, -0.15) is 0 Å². The first-order chi connectivity index (χ1) is 10.4. The molecule has 1 aliphatic heterocycles. The number of ether oxygens (including phenoxy) is 1. The molecule has 0 aliphatic carbocycles. The average molecular weight is 277 g/mol. The van der Waals surface area contributed by atoms with Gasteiger partial charge >= 0.3 is 0 Å². The number of nitrogens with zero attached hydrogens (tertiary/aromatic N) is 2. The highest BCUT2D eigenvalue weighted by atomic mass is 16.5. The van der Waals surface area contributed by atoms with E-state index >= 15 is 0 Å². The molecule has 1 aliphatic rings. The summed E-state index contributed by atoms with van der Waals surface area (Å²) < 4.78 is 5.95. The summed E-state index contributed by atoms with van der Waals surface area (Å²) >= 11 is 0. The number of rotatable bonds is 2. The Balaban J connectivity index is 1.71. The van der Waals surface area contributed by atoms with E-state index in [1.165, 1.54) is 5.56 Å². The van der Waals surface area contributed by atoms with Crippen molar-refractivity contribution in [2.75, 3.05) is 11.9 Å². The Kier molecular flexibility index (Phi) is 2.92. The Bertz CT molecular complexity index is 801. The van der Waals surface area contributed by atoms with Crippen molar-refractivity contribution in [3.63, 3.8) is 0 Å². The predicted molar refractivity (Wildman–Crippen MR) is 82.9 cm³/mol. The molecule has 0 radical (unpaired) electrons. The zero-order valence-electron chi connectivity index (χ0n) is 11.5. The minimum atomic E-state index is 0.523. The molecule has 0 fully saturated rings. The molecule has 0 bridgehead atoms. The van der Waals surface area contributed by atoms with Crippen molar-refractivity contribution in [2.24, 2.45) is 0 Å². The Hall–Kier alpha value is -2.62. The highest BCUT2D eigenvalue weighted by Gasteiger charge is 2.14. The molecular formula is C17H15N3O. The molecule has 0 spiro atoms. The maximum absolute atomic E-state index is 5.95. The topological polar surface area (TPSA) is 47.0 Å². The second-order valence-electron chi connectivity index (χ2n) is 5.12. The highest BCUT2D eigenvalue weighted by molar-refractivity contribution is 5.74. The largest absolute Gasteiger partial charge is 0.435 e. The van der Waals surface area contributed by atoms with Gasteiger partial charge in [-0.25, -0.2) is 9.97 Å². The van der Waals surface area contributed by atoms with Crippen molar-refractivity contribution in [2.45, 2.75) is 12.8 Å². The van der Waals surface area contributed by atoms with E-state index in [-0.39, 0.29) is 0 Å². The van der Waals surface area contributed by atoms with E-state index in [1.807, 2.05) is 36.4 Å². The van der Waals surface area contributed by atoms with Crippen LogP contribution in [-0.4, -0.2) is 16.5 Å². The lowest BCUT2D eigenvalue weighted by molar-refractivity contribution is 0.463. The van der Waals surface area contributed by atoms with Crippen LogP contribution in [0.5, 0.6) is 11.6 Å². The Morgan fingerprint density at radius 1 is 1.00 bits per heavy atom. The number of hydrogen-bond donors (Lipinski definition) is 1. The molecule has 4 nitrogen and oxygen atoms in total. The smallest absolute Gasteiger partial charge is 0.238 e. The molecule has 2 heterocycles. The van der Waals surface area contributed by atoms with E-state index in [0.29, 0.717) is 5.88 Å². The summed E-state index contributed by atoms with van der Waals surface area (Å²) in [5.74, 6) is 1.34. The predicted octanol–water partition coefficient (Wildman–Crippen LogP) is 3.78. The summed E-state index contributed by atoms with van der Waals surface area (Å²) in [6, 6.07) is 13.9. The van der Waals surface area contributed by atoms with Gasteiger partial charge in [-0.15, -0.1) is 0 Å². The Morgan fingerprint density at radius 2 is 1.90 bits per heavy atom. The molecule has 21 heavy (non-hydrogen) atoms. The molecular weight excluding hydrogens is 262 g/mol. The quantitative estimate of drug-likeness (QED) is 0.774. The fraction of sp³-hybridized carbons (Fsp3) is 0.176. The van der Waals surface area contributed by atoms with E-state index in [4.69, 9.17) is 4.74 Å². The van der Waals surface area contributed by atoms with Gasteiger partial charge in [-0.1, -0.05) is 24.3 Å². The van der Waals surface area contributed by atoms with Crippen LogP contribution in [0.4, 0.5) is 5.69 Å². The van der Waals surface area contributed by atoms with Crippen LogP contribution in [0.1, 0.15) is 12.0 Å². The molecule has 0 unspecified atom stereocenters. The van der Waals surface area contributed by atoms with Crippen molar-refractivity contribution in [3.8, 4) is 11.6 Å². The molecule has 0 atom stereocenters. The van der Waals surface area contributed by atoms with Crippen LogP contribution in [0.3, 0.4) is 0 Å². The molecule has 2 aromatic carbocycles. The SMILES string of the molecule is c1cc2c(c(Oc3cnc4ccccc4n3)c1)NCCC2. The molecule has 1 aromatic heterocycles. The summed E-state index contributed by atoms with van der Waals surface area (Å²) in [7, 11) is 0. The minimum absolute atomic E-state index is 0.523. The molecule has 3 aromatic rings. The minimum Gasteiger partial charge on any atom is -0.435 e. The summed E-state index contributed by atoms with van der Waals surface area (Å²) in [6.45, 7) is 0.983. The van der Waals surface area contributed by atoms with Gasteiger partial charge in [-0.3, -0.25) is 0 Å². The summed E-state index contributed by atoms with van der Waals surface area (Å²) in [5.41, 5.74) is 4.09. The number of fused-ring (bicyclic) bond motifs is 2. The maximum Gasteiger partial charge on any atom is 0.238 e. The number of anilines is 1. The number of benzene rings is 2. The molecule has 0 saturated carbocycles. The van der Waals surface area contributed by atoms with Gasteiger partial charge in [0.15, 0.2) is 5.75 Å². The molecule has 4 rings (SSSR count). The van der Waals surface area contributed by atoms with Crippen molar-refractivity contribution in [1.82, 2.24) is 9.97 Å².